The topological polar surface area (TPSA) is 138 Å². The van der Waals surface area contributed by atoms with Gasteiger partial charge in [-0.25, -0.2) is 14.5 Å². The van der Waals surface area contributed by atoms with E-state index in [-0.39, 0.29) is 47.0 Å². The third-order valence-corrected chi connectivity index (χ3v) is 7.58. The molecule has 2 aromatic heterocycles. The molecule has 13 heteroatoms. The summed E-state index contributed by atoms with van der Waals surface area (Å²) in [5.41, 5.74) is 2.12. The van der Waals surface area contributed by atoms with Crippen molar-refractivity contribution in [1.82, 2.24) is 34.9 Å². The lowest BCUT2D eigenvalue weighted by molar-refractivity contribution is 0.0653. The van der Waals surface area contributed by atoms with Gasteiger partial charge in [-0.15, -0.1) is 0 Å². The second-order valence-corrected chi connectivity index (χ2v) is 10.3. The number of aromatic nitrogens is 5. The number of rotatable bonds is 6. The lowest BCUT2D eigenvalue weighted by Gasteiger charge is -2.35. The van der Waals surface area contributed by atoms with Crippen LogP contribution in [0.3, 0.4) is 0 Å². The number of carbonyl (C=O) groups excluding carboxylic acids is 2. The number of benzene rings is 2. The zero-order valence-corrected chi connectivity index (χ0v) is 23.4. The molecular formula is C27H26Cl2N8O3. The van der Waals surface area contributed by atoms with E-state index in [2.05, 4.69) is 25.8 Å². The highest BCUT2D eigenvalue weighted by atomic mass is 35.5. The molecule has 0 fully saturated rings. The molecule has 40 heavy (non-hydrogen) atoms. The summed E-state index contributed by atoms with van der Waals surface area (Å²) in [4.78, 5) is 50.2. The molecule has 3 heterocycles. The number of amides is 2. The predicted octanol–water partition coefficient (Wildman–Crippen LogP) is 3.78. The molecule has 1 aliphatic heterocycles. The molecule has 0 spiro atoms. The van der Waals surface area contributed by atoms with Crippen LogP contribution in [0.25, 0.3) is 5.69 Å². The third kappa shape index (κ3) is 5.17. The van der Waals surface area contributed by atoms with Gasteiger partial charge in [0, 0.05) is 29.8 Å². The van der Waals surface area contributed by atoms with Crippen LogP contribution < -0.4 is 16.2 Å². The maximum Gasteiger partial charge on any atom is 0.263 e. The Hall–Kier alpha value is -4.22. The quantitative estimate of drug-likeness (QED) is 0.315. The molecule has 0 saturated heterocycles. The molecule has 3 N–H and O–H groups in total. The molecule has 4 aromatic rings. The van der Waals surface area contributed by atoms with E-state index in [1.165, 1.54) is 17.0 Å². The van der Waals surface area contributed by atoms with Gasteiger partial charge in [0.25, 0.3) is 17.4 Å². The lowest BCUT2D eigenvalue weighted by Crippen LogP contribution is -2.46. The smallest absolute Gasteiger partial charge is 0.263 e. The highest BCUT2D eigenvalue weighted by molar-refractivity contribution is 6.42. The van der Waals surface area contributed by atoms with E-state index in [1.807, 2.05) is 13.8 Å². The highest BCUT2D eigenvalue weighted by Crippen LogP contribution is 2.28. The van der Waals surface area contributed by atoms with Crippen molar-refractivity contribution in [2.75, 3.05) is 12.4 Å². The molecular weight excluding hydrogens is 555 g/mol. The molecule has 11 nitrogen and oxygen atoms in total. The Morgan fingerprint density at radius 1 is 1.10 bits per heavy atom. The van der Waals surface area contributed by atoms with Crippen molar-refractivity contribution in [2.24, 2.45) is 0 Å². The highest BCUT2D eigenvalue weighted by Gasteiger charge is 2.32. The van der Waals surface area contributed by atoms with Gasteiger partial charge in [0.1, 0.15) is 12.2 Å². The maximum atomic E-state index is 14.0. The van der Waals surface area contributed by atoms with Crippen LogP contribution in [-0.2, 0) is 13.0 Å². The molecule has 0 saturated carbocycles. The van der Waals surface area contributed by atoms with E-state index in [0.717, 1.165) is 0 Å². The van der Waals surface area contributed by atoms with Gasteiger partial charge in [0.15, 0.2) is 0 Å². The Balaban J connectivity index is 1.57. The second-order valence-electron chi connectivity index (χ2n) is 9.48. The largest absolute Gasteiger partial charge is 0.355 e. The van der Waals surface area contributed by atoms with Crippen molar-refractivity contribution < 1.29 is 9.59 Å². The minimum absolute atomic E-state index is 0.132. The number of hydrogen-bond donors (Lipinski definition) is 3. The first kappa shape index (κ1) is 27.4. The van der Waals surface area contributed by atoms with Crippen molar-refractivity contribution in [2.45, 2.75) is 38.9 Å². The Bertz CT molecular complexity index is 1640. The first-order valence-electron chi connectivity index (χ1n) is 12.5. The van der Waals surface area contributed by atoms with Crippen LogP contribution in [0, 0.1) is 0 Å². The molecule has 0 aliphatic carbocycles. The van der Waals surface area contributed by atoms with Crippen LogP contribution in [0.1, 0.15) is 57.7 Å². The third-order valence-electron chi connectivity index (χ3n) is 6.85. The fraction of sp³-hybridized carbons (Fsp3) is 0.259. The molecule has 5 rings (SSSR count). The summed E-state index contributed by atoms with van der Waals surface area (Å²) < 4.78 is 1.47. The fourth-order valence-electron chi connectivity index (χ4n) is 4.65. The average molecular weight is 581 g/mol. The Kier molecular flexibility index (Phi) is 7.59. The summed E-state index contributed by atoms with van der Waals surface area (Å²) >= 11 is 12.2. The zero-order chi connectivity index (χ0) is 28.6. The first-order valence-corrected chi connectivity index (χ1v) is 13.3. The first-order chi connectivity index (χ1) is 19.2. The van der Waals surface area contributed by atoms with Crippen molar-refractivity contribution in [3.8, 4) is 5.69 Å². The Morgan fingerprint density at radius 2 is 1.82 bits per heavy atom. The van der Waals surface area contributed by atoms with Gasteiger partial charge in [0.2, 0.25) is 5.95 Å². The molecule has 0 bridgehead atoms. The molecule has 1 aliphatic rings. The van der Waals surface area contributed by atoms with Gasteiger partial charge in [-0.3, -0.25) is 19.5 Å². The number of nitrogens with zero attached hydrogens (tertiary/aromatic N) is 5. The number of anilines is 1. The second kappa shape index (κ2) is 11.1. The average Bonchev–Trinajstić information content (AvgIpc) is 3.50. The monoisotopic (exact) mass is 580 g/mol. The molecule has 0 unspecified atom stereocenters. The summed E-state index contributed by atoms with van der Waals surface area (Å²) in [5.74, 6) is 0.340. The summed E-state index contributed by atoms with van der Waals surface area (Å²) in [5, 5.41) is 13.2. The number of H-pyrrole nitrogens is 1. The van der Waals surface area contributed by atoms with Gasteiger partial charge in [-0.2, -0.15) is 5.10 Å². The van der Waals surface area contributed by atoms with Gasteiger partial charge in [-0.05, 0) is 62.7 Å². The molecule has 206 valence electrons. The van der Waals surface area contributed by atoms with Crippen molar-refractivity contribution >= 4 is 41.0 Å². The van der Waals surface area contributed by atoms with Gasteiger partial charge < -0.3 is 15.5 Å². The SMILES string of the molecule is CNC(=O)c1ccc(-n2c(N[C@@H](C)c3ncn[nH]3)nc3c(c2=O)C[C@@H](C)N(C(=O)c2ccc(Cl)c(Cl)c2)C3)cc1. The summed E-state index contributed by atoms with van der Waals surface area (Å²) in [6.07, 6.45) is 1.70. The van der Waals surface area contributed by atoms with Crippen LogP contribution in [0.15, 0.2) is 53.6 Å². The van der Waals surface area contributed by atoms with Crippen LogP contribution in [0.5, 0.6) is 0 Å². The number of halogens is 2. The zero-order valence-electron chi connectivity index (χ0n) is 21.9. The van der Waals surface area contributed by atoms with E-state index in [4.69, 9.17) is 28.2 Å². The van der Waals surface area contributed by atoms with Crippen LogP contribution in [0.2, 0.25) is 10.0 Å². The van der Waals surface area contributed by atoms with Gasteiger partial charge in [0.05, 0.1) is 34.0 Å². The van der Waals surface area contributed by atoms with Crippen molar-refractivity contribution in [3.63, 3.8) is 0 Å². The number of fused-ring (bicyclic) bond motifs is 1. The van der Waals surface area contributed by atoms with Crippen LogP contribution in [0.4, 0.5) is 5.95 Å². The minimum atomic E-state index is -0.375. The van der Waals surface area contributed by atoms with E-state index >= 15 is 0 Å². The van der Waals surface area contributed by atoms with E-state index in [9.17, 15) is 14.4 Å². The van der Waals surface area contributed by atoms with E-state index in [0.29, 0.717) is 45.3 Å². The van der Waals surface area contributed by atoms with Gasteiger partial charge >= 0.3 is 0 Å². The molecule has 2 amide bonds. The number of nitrogens with one attached hydrogen (secondary N) is 3. The molecule has 2 aromatic carbocycles. The number of hydrogen-bond acceptors (Lipinski definition) is 7. The lowest BCUT2D eigenvalue weighted by atomic mass is 9.98. The summed E-state index contributed by atoms with van der Waals surface area (Å²) in [6, 6.07) is 10.8. The summed E-state index contributed by atoms with van der Waals surface area (Å²) in [6.45, 7) is 3.87. The fourth-order valence-corrected chi connectivity index (χ4v) is 4.95. The standard InChI is InChI=1S/C27H26Cl2N8O3/c1-14-10-19-22(12-36(14)25(39)17-6-9-20(28)21(29)11-17)34-27(33-15(2)23-31-13-32-35-23)37(26(19)40)18-7-4-16(5-8-18)24(38)30-3/h4-9,11,13-15H,10,12H2,1-3H3,(H,30,38)(H,33,34)(H,31,32,35)/t14-,15+/m1/s1. The molecule has 2 atom stereocenters. The number of aromatic amines is 1. The Morgan fingerprint density at radius 3 is 2.48 bits per heavy atom. The van der Waals surface area contributed by atoms with Crippen LogP contribution >= 0.6 is 23.2 Å². The van der Waals surface area contributed by atoms with Crippen LogP contribution in [-0.4, -0.2) is 54.5 Å². The van der Waals surface area contributed by atoms with Gasteiger partial charge in [-0.1, -0.05) is 23.2 Å². The number of carbonyl (C=O) groups is 2. The Labute approximate surface area is 239 Å². The summed E-state index contributed by atoms with van der Waals surface area (Å²) in [7, 11) is 1.55. The normalized spacial score (nSPS) is 15.3. The van der Waals surface area contributed by atoms with Crippen molar-refractivity contribution in [1.29, 1.82) is 0 Å². The van der Waals surface area contributed by atoms with E-state index < -0.39 is 0 Å². The predicted molar refractivity (Wildman–Crippen MR) is 151 cm³/mol. The molecule has 0 radical (unpaired) electrons. The minimum Gasteiger partial charge on any atom is -0.355 e. The van der Waals surface area contributed by atoms with Crippen molar-refractivity contribution in [3.05, 3.63) is 97.4 Å². The van der Waals surface area contributed by atoms with E-state index in [1.54, 1.807) is 48.3 Å². The maximum absolute atomic E-state index is 14.0.